The normalized spacial score (nSPS) is 16.9. The van der Waals surface area contributed by atoms with Crippen molar-refractivity contribution in [3.8, 4) is 5.75 Å². The van der Waals surface area contributed by atoms with Crippen LogP contribution in [0.5, 0.6) is 5.75 Å². The molecule has 0 spiro atoms. The number of hydrogen-bond acceptors (Lipinski definition) is 5. The molecule has 0 radical (unpaired) electrons. The lowest BCUT2D eigenvalue weighted by Crippen LogP contribution is -2.44. The number of aliphatic imine (C=N–C) groups is 1. The van der Waals surface area contributed by atoms with E-state index in [1.165, 1.54) is 11.8 Å². The van der Waals surface area contributed by atoms with Crippen molar-refractivity contribution in [1.29, 1.82) is 0 Å². The molecule has 8 heteroatoms. The summed E-state index contributed by atoms with van der Waals surface area (Å²) in [5.74, 6) is 0.363. The van der Waals surface area contributed by atoms with Crippen molar-refractivity contribution in [2.75, 3.05) is 12.4 Å². The number of amidine groups is 1. The second-order valence-corrected chi connectivity index (χ2v) is 9.92. The topological polar surface area (TPSA) is 71.0 Å². The Balaban J connectivity index is 1.59. The van der Waals surface area contributed by atoms with E-state index in [2.05, 4.69) is 5.32 Å². The molecule has 0 unspecified atom stereocenters. The molecule has 3 aromatic carbocycles. The molecule has 35 heavy (non-hydrogen) atoms. The van der Waals surface area contributed by atoms with Gasteiger partial charge in [-0.1, -0.05) is 53.2 Å². The lowest BCUT2D eigenvalue weighted by molar-refractivity contribution is -0.129. The van der Waals surface area contributed by atoms with Crippen LogP contribution >= 0.6 is 23.4 Å². The van der Waals surface area contributed by atoms with Crippen LogP contribution in [0.1, 0.15) is 23.1 Å². The highest BCUT2D eigenvalue weighted by molar-refractivity contribution is 8.15. The minimum atomic E-state index is -0.596. The number of nitrogens with one attached hydrogen (secondary N) is 1. The van der Waals surface area contributed by atoms with Gasteiger partial charge in [-0.2, -0.15) is 0 Å². The number of nitrogens with zero attached hydrogens (tertiary/aromatic N) is 2. The van der Waals surface area contributed by atoms with Gasteiger partial charge in [0.05, 0.1) is 19.3 Å². The number of hydrogen-bond donors (Lipinski definition) is 1. The molecule has 0 saturated carbocycles. The van der Waals surface area contributed by atoms with E-state index in [1.807, 2.05) is 56.3 Å². The summed E-state index contributed by atoms with van der Waals surface area (Å²) in [6.07, 6.45) is 0.0806. The van der Waals surface area contributed by atoms with E-state index in [4.69, 9.17) is 21.3 Å². The molecule has 1 heterocycles. The molecular weight excluding hydrogens is 482 g/mol. The fraction of sp³-hybridized carbons (Fsp3) is 0.222. The summed E-state index contributed by atoms with van der Waals surface area (Å²) in [5.41, 5.74) is 4.42. The van der Waals surface area contributed by atoms with Gasteiger partial charge >= 0.3 is 0 Å². The van der Waals surface area contributed by atoms with Gasteiger partial charge in [-0.15, -0.1) is 0 Å². The lowest BCUT2D eigenvalue weighted by atomic mass is 10.1. The number of carbonyl (C=O) groups excluding carboxylic acids is 2. The van der Waals surface area contributed by atoms with E-state index in [0.29, 0.717) is 22.4 Å². The number of halogens is 1. The molecule has 1 aliphatic rings. The van der Waals surface area contributed by atoms with Crippen molar-refractivity contribution < 1.29 is 14.3 Å². The summed E-state index contributed by atoms with van der Waals surface area (Å²) >= 11 is 7.31. The van der Waals surface area contributed by atoms with Crippen LogP contribution in [0, 0.1) is 13.8 Å². The Morgan fingerprint density at radius 3 is 2.49 bits per heavy atom. The average Bonchev–Trinajstić information content (AvgIpc) is 2.84. The highest BCUT2D eigenvalue weighted by Gasteiger charge is 2.36. The minimum Gasteiger partial charge on any atom is -0.497 e. The molecule has 2 amide bonds. The fourth-order valence-corrected chi connectivity index (χ4v) is 4.93. The van der Waals surface area contributed by atoms with Crippen LogP contribution in [-0.4, -0.2) is 34.2 Å². The first-order valence-electron chi connectivity index (χ1n) is 11.1. The first kappa shape index (κ1) is 24.8. The van der Waals surface area contributed by atoms with Crippen molar-refractivity contribution in [3.05, 3.63) is 88.4 Å². The maximum atomic E-state index is 13.3. The van der Waals surface area contributed by atoms with Gasteiger partial charge in [-0.05, 0) is 67.4 Å². The number of aryl methyl sites for hydroxylation is 2. The number of anilines is 1. The van der Waals surface area contributed by atoms with Gasteiger partial charge in [0.25, 0.3) is 0 Å². The molecule has 1 N–H and O–H groups in total. The van der Waals surface area contributed by atoms with Gasteiger partial charge in [0.1, 0.15) is 11.0 Å². The van der Waals surface area contributed by atoms with Gasteiger partial charge in [0.2, 0.25) is 11.8 Å². The first-order chi connectivity index (χ1) is 16.8. The zero-order valence-corrected chi connectivity index (χ0v) is 21.3. The Bertz CT molecular complexity index is 1260. The highest BCUT2D eigenvalue weighted by Crippen LogP contribution is 2.32. The first-order valence-corrected chi connectivity index (χ1v) is 12.4. The molecular formula is C27H26ClN3O3S. The predicted molar refractivity (Wildman–Crippen MR) is 143 cm³/mol. The fourth-order valence-electron chi connectivity index (χ4n) is 3.70. The third kappa shape index (κ3) is 6.24. The third-order valence-corrected chi connectivity index (χ3v) is 7.06. The van der Waals surface area contributed by atoms with Gasteiger partial charge in [0, 0.05) is 17.1 Å². The molecule has 0 aliphatic carbocycles. The van der Waals surface area contributed by atoms with E-state index in [-0.39, 0.29) is 18.2 Å². The van der Waals surface area contributed by atoms with Crippen LogP contribution < -0.4 is 10.1 Å². The molecule has 1 saturated heterocycles. The maximum Gasteiger partial charge on any atom is 0.238 e. The van der Waals surface area contributed by atoms with Crippen molar-refractivity contribution >= 4 is 51.7 Å². The molecule has 1 fully saturated rings. The van der Waals surface area contributed by atoms with E-state index in [0.717, 1.165) is 28.1 Å². The average molecular weight is 508 g/mol. The molecule has 180 valence electrons. The molecule has 0 bridgehead atoms. The smallest absolute Gasteiger partial charge is 0.238 e. The predicted octanol–water partition coefficient (Wildman–Crippen LogP) is 6.13. The number of amides is 2. The van der Waals surface area contributed by atoms with Crippen LogP contribution in [0.2, 0.25) is 5.02 Å². The Morgan fingerprint density at radius 2 is 1.83 bits per heavy atom. The van der Waals surface area contributed by atoms with E-state index < -0.39 is 5.25 Å². The number of thioether (sulfide) groups is 1. The summed E-state index contributed by atoms with van der Waals surface area (Å²) in [6.45, 7) is 4.30. The summed E-state index contributed by atoms with van der Waals surface area (Å²) in [7, 11) is 1.61. The molecule has 1 aliphatic heterocycles. The Labute approximate surface area is 214 Å². The number of methoxy groups -OCH3 is 1. The van der Waals surface area contributed by atoms with Crippen molar-refractivity contribution in [2.24, 2.45) is 4.99 Å². The van der Waals surface area contributed by atoms with E-state index in [1.54, 1.807) is 36.3 Å². The van der Waals surface area contributed by atoms with Crippen LogP contribution in [0.15, 0.2) is 71.7 Å². The van der Waals surface area contributed by atoms with Crippen LogP contribution in [0.3, 0.4) is 0 Å². The van der Waals surface area contributed by atoms with Gasteiger partial charge < -0.3 is 10.1 Å². The standard InChI is InChI=1S/C27H26ClN3O3S/c1-17-4-13-23(18(2)14-17)30-26(33)24-15-25(32)31(16-19-5-11-22(34-3)12-6-19)27(35-24)29-21-9-7-20(28)8-10-21/h4-14,24H,15-16H2,1-3H3,(H,30,33)/t24-/m0/s1. The zero-order valence-electron chi connectivity index (χ0n) is 19.7. The van der Waals surface area contributed by atoms with Gasteiger partial charge in [0.15, 0.2) is 5.17 Å². The quantitative estimate of drug-likeness (QED) is 0.436. The highest BCUT2D eigenvalue weighted by atomic mass is 35.5. The SMILES string of the molecule is COc1ccc(CN2C(=O)C[C@@H](C(=O)Nc3ccc(C)cc3C)SC2=Nc2ccc(Cl)cc2)cc1. The molecule has 0 aromatic heterocycles. The third-order valence-electron chi connectivity index (χ3n) is 5.62. The molecule has 4 rings (SSSR count). The van der Waals surface area contributed by atoms with Crippen molar-refractivity contribution in [2.45, 2.75) is 32.1 Å². The molecule has 1 atom stereocenters. The number of benzene rings is 3. The summed E-state index contributed by atoms with van der Waals surface area (Å²) in [6, 6.07) is 20.4. The van der Waals surface area contributed by atoms with E-state index >= 15 is 0 Å². The van der Waals surface area contributed by atoms with E-state index in [9.17, 15) is 9.59 Å². The second kappa shape index (κ2) is 11.0. The summed E-state index contributed by atoms with van der Waals surface area (Å²) in [4.78, 5) is 32.7. The van der Waals surface area contributed by atoms with Crippen molar-refractivity contribution in [3.63, 3.8) is 0 Å². The van der Waals surface area contributed by atoms with Gasteiger partial charge in [-0.25, -0.2) is 4.99 Å². The molecule has 6 nitrogen and oxygen atoms in total. The Morgan fingerprint density at radius 1 is 1.11 bits per heavy atom. The summed E-state index contributed by atoms with van der Waals surface area (Å²) in [5, 5.41) is 3.46. The largest absolute Gasteiger partial charge is 0.497 e. The minimum absolute atomic E-state index is 0.0806. The van der Waals surface area contributed by atoms with Gasteiger partial charge in [-0.3, -0.25) is 14.5 Å². The molecule has 3 aromatic rings. The lowest BCUT2D eigenvalue weighted by Gasteiger charge is -2.32. The summed E-state index contributed by atoms with van der Waals surface area (Å²) < 4.78 is 5.23. The second-order valence-electron chi connectivity index (χ2n) is 8.32. The maximum absolute atomic E-state index is 13.3. The monoisotopic (exact) mass is 507 g/mol. The Kier molecular flexibility index (Phi) is 7.78. The number of ether oxygens (including phenoxy) is 1. The van der Waals surface area contributed by atoms with Crippen LogP contribution in [0.25, 0.3) is 0 Å². The van der Waals surface area contributed by atoms with Crippen LogP contribution in [-0.2, 0) is 16.1 Å². The van der Waals surface area contributed by atoms with Crippen molar-refractivity contribution in [1.82, 2.24) is 4.90 Å². The number of carbonyl (C=O) groups is 2. The Hall–Kier alpha value is -3.29. The van der Waals surface area contributed by atoms with Crippen LogP contribution in [0.4, 0.5) is 11.4 Å². The number of rotatable bonds is 6. The zero-order chi connectivity index (χ0) is 24.9.